The van der Waals surface area contributed by atoms with E-state index in [-0.39, 0.29) is 0 Å². The number of halogens is 1. The molecule has 0 heterocycles. The van der Waals surface area contributed by atoms with Crippen molar-refractivity contribution in [1.82, 2.24) is 0 Å². The molecule has 0 bridgehead atoms. The van der Waals surface area contributed by atoms with Crippen LogP contribution in [0.15, 0.2) is 42.5 Å². The zero-order chi connectivity index (χ0) is 13.1. The van der Waals surface area contributed by atoms with Crippen molar-refractivity contribution in [1.29, 1.82) is 0 Å². The number of hydrogen-bond acceptors (Lipinski definition) is 2. The number of nitrogens with two attached hydrogens (primary N) is 1. The van der Waals surface area contributed by atoms with Crippen LogP contribution in [0.5, 0.6) is 0 Å². The van der Waals surface area contributed by atoms with Gasteiger partial charge in [0, 0.05) is 10.7 Å². The summed E-state index contributed by atoms with van der Waals surface area (Å²) in [6.45, 7) is 4.34. The molecule has 0 aliphatic carbocycles. The number of hydrogen-bond donors (Lipinski definition) is 2. The Balaban J connectivity index is 2.34. The molecule has 0 unspecified atom stereocenters. The molecule has 3 heteroatoms. The van der Waals surface area contributed by atoms with E-state index in [4.69, 9.17) is 17.3 Å². The highest BCUT2D eigenvalue weighted by Gasteiger charge is 2.07. The smallest absolute Gasteiger partial charge is 0.0619 e. The summed E-state index contributed by atoms with van der Waals surface area (Å²) in [6.07, 6.45) is 0. The van der Waals surface area contributed by atoms with Crippen molar-refractivity contribution in [3.8, 4) is 0 Å². The quantitative estimate of drug-likeness (QED) is 0.779. The van der Waals surface area contributed by atoms with Crippen molar-refractivity contribution < 1.29 is 0 Å². The molecule has 0 atom stereocenters. The Bertz CT molecular complexity index is 550. The van der Waals surface area contributed by atoms with Gasteiger partial charge in [0.2, 0.25) is 0 Å². The standard InChI is InChI=1S/C15H17ClN2/c1-10(2)12-5-3-4-6-14(12)18-15-8-7-11(16)9-13(15)17/h3-10,18H,17H2,1-2H3. The Morgan fingerprint density at radius 3 is 2.44 bits per heavy atom. The minimum absolute atomic E-state index is 0.460. The molecule has 0 saturated carbocycles. The number of nitrogen functional groups attached to an aromatic ring is 1. The van der Waals surface area contributed by atoms with Gasteiger partial charge in [-0.2, -0.15) is 0 Å². The molecule has 0 aliphatic heterocycles. The summed E-state index contributed by atoms with van der Waals surface area (Å²) in [5, 5.41) is 4.01. The van der Waals surface area contributed by atoms with Crippen molar-refractivity contribution in [3.63, 3.8) is 0 Å². The zero-order valence-electron chi connectivity index (χ0n) is 10.6. The fourth-order valence-electron chi connectivity index (χ4n) is 1.91. The van der Waals surface area contributed by atoms with Crippen LogP contribution in [0.4, 0.5) is 17.1 Å². The first-order valence-corrected chi connectivity index (χ1v) is 6.36. The molecular weight excluding hydrogens is 244 g/mol. The van der Waals surface area contributed by atoms with Gasteiger partial charge < -0.3 is 11.1 Å². The number of benzene rings is 2. The van der Waals surface area contributed by atoms with Crippen LogP contribution in [0.25, 0.3) is 0 Å². The summed E-state index contributed by atoms with van der Waals surface area (Å²) < 4.78 is 0. The lowest BCUT2D eigenvalue weighted by Gasteiger charge is -2.15. The van der Waals surface area contributed by atoms with Crippen LogP contribution in [0, 0.1) is 0 Å². The van der Waals surface area contributed by atoms with E-state index >= 15 is 0 Å². The van der Waals surface area contributed by atoms with Crippen molar-refractivity contribution in [3.05, 3.63) is 53.1 Å². The van der Waals surface area contributed by atoms with Crippen LogP contribution >= 0.6 is 11.6 Å². The van der Waals surface area contributed by atoms with Gasteiger partial charge in [-0.15, -0.1) is 0 Å². The van der Waals surface area contributed by atoms with Crippen molar-refractivity contribution in [2.75, 3.05) is 11.1 Å². The van der Waals surface area contributed by atoms with Crippen LogP contribution in [-0.4, -0.2) is 0 Å². The van der Waals surface area contributed by atoms with Gasteiger partial charge in [0.25, 0.3) is 0 Å². The van der Waals surface area contributed by atoms with Gasteiger partial charge in [0.15, 0.2) is 0 Å². The molecule has 0 fully saturated rings. The maximum atomic E-state index is 5.95. The van der Waals surface area contributed by atoms with E-state index in [1.807, 2.05) is 24.3 Å². The van der Waals surface area contributed by atoms with Crippen LogP contribution in [0.2, 0.25) is 5.02 Å². The molecule has 0 aromatic heterocycles. The Morgan fingerprint density at radius 1 is 1.06 bits per heavy atom. The van der Waals surface area contributed by atoms with E-state index in [1.165, 1.54) is 5.56 Å². The molecule has 2 rings (SSSR count). The number of nitrogens with one attached hydrogen (secondary N) is 1. The van der Waals surface area contributed by atoms with Gasteiger partial charge in [0.1, 0.15) is 0 Å². The maximum Gasteiger partial charge on any atom is 0.0619 e. The molecule has 2 aromatic carbocycles. The highest BCUT2D eigenvalue weighted by atomic mass is 35.5. The average molecular weight is 261 g/mol. The molecule has 3 N–H and O–H groups in total. The second kappa shape index (κ2) is 5.32. The molecular formula is C15H17ClN2. The molecule has 0 spiro atoms. The van der Waals surface area contributed by atoms with Gasteiger partial charge in [-0.25, -0.2) is 0 Å². The normalized spacial score (nSPS) is 10.7. The Hall–Kier alpha value is -1.67. The van der Waals surface area contributed by atoms with Gasteiger partial charge in [-0.1, -0.05) is 43.6 Å². The first-order valence-electron chi connectivity index (χ1n) is 5.99. The first-order chi connectivity index (χ1) is 8.58. The van der Waals surface area contributed by atoms with E-state index in [0.717, 1.165) is 11.4 Å². The minimum Gasteiger partial charge on any atom is -0.397 e. The SMILES string of the molecule is CC(C)c1ccccc1Nc1ccc(Cl)cc1N. The van der Waals surface area contributed by atoms with E-state index < -0.39 is 0 Å². The lowest BCUT2D eigenvalue weighted by atomic mass is 10.0. The van der Waals surface area contributed by atoms with Gasteiger partial charge in [-0.05, 0) is 35.7 Å². The second-order valence-corrected chi connectivity index (χ2v) is 5.03. The fraction of sp³-hybridized carbons (Fsp3) is 0.200. The number of para-hydroxylation sites is 1. The van der Waals surface area contributed by atoms with Crippen molar-refractivity contribution >= 4 is 28.7 Å². The molecule has 2 nitrogen and oxygen atoms in total. The second-order valence-electron chi connectivity index (χ2n) is 4.60. The van der Waals surface area contributed by atoms with Crippen LogP contribution < -0.4 is 11.1 Å². The molecule has 2 aromatic rings. The monoisotopic (exact) mass is 260 g/mol. The number of anilines is 3. The minimum atomic E-state index is 0.460. The summed E-state index contributed by atoms with van der Waals surface area (Å²) in [5.41, 5.74) is 9.84. The third-order valence-electron chi connectivity index (χ3n) is 2.87. The largest absolute Gasteiger partial charge is 0.397 e. The highest BCUT2D eigenvalue weighted by Crippen LogP contribution is 2.30. The summed E-state index contributed by atoms with van der Waals surface area (Å²) in [5.74, 6) is 0.460. The summed E-state index contributed by atoms with van der Waals surface area (Å²) in [4.78, 5) is 0. The topological polar surface area (TPSA) is 38.0 Å². The summed E-state index contributed by atoms with van der Waals surface area (Å²) in [6, 6.07) is 13.7. The van der Waals surface area contributed by atoms with Crippen LogP contribution in [0.3, 0.4) is 0 Å². The maximum absolute atomic E-state index is 5.95. The van der Waals surface area contributed by atoms with Crippen molar-refractivity contribution in [2.24, 2.45) is 0 Å². The molecule has 0 radical (unpaired) electrons. The highest BCUT2D eigenvalue weighted by molar-refractivity contribution is 6.31. The third-order valence-corrected chi connectivity index (χ3v) is 3.10. The Labute approximate surface area is 113 Å². The molecule has 18 heavy (non-hydrogen) atoms. The zero-order valence-corrected chi connectivity index (χ0v) is 11.3. The molecule has 0 aliphatic rings. The lowest BCUT2D eigenvalue weighted by Crippen LogP contribution is -2.00. The summed E-state index contributed by atoms with van der Waals surface area (Å²) in [7, 11) is 0. The van der Waals surface area contributed by atoms with Gasteiger partial charge in [-0.3, -0.25) is 0 Å². The third kappa shape index (κ3) is 2.77. The summed E-state index contributed by atoms with van der Waals surface area (Å²) >= 11 is 5.89. The van der Waals surface area contributed by atoms with E-state index in [2.05, 4.69) is 31.3 Å². The van der Waals surface area contributed by atoms with Crippen LogP contribution in [-0.2, 0) is 0 Å². The molecule has 0 amide bonds. The Kier molecular flexibility index (Phi) is 3.78. The first kappa shape index (κ1) is 12.8. The van der Waals surface area contributed by atoms with E-state index in [9.17, 15) is 0 Å². The van der Waals surface area contributed by atoms with Gasteiger partial charge in [0.05, 0.1) is 11.4 Å². The van der Waals surface area contributed by atoms with E-state index in [1.54, 1.807) is 6.07 Å². The predicted molar refractivity (Wildman–Crippen MR) is 79.7 cm³/mol. The van der Waals surface area contributed by atoms with Crippen molar-refractivity contribution in [2.45, 2.75) is 19.8 Å². The lowest BCUT2D eigenvalue weighted by molar-refractivity contribution is 0.869. The predicted octanol–water partition coefficient (Wildman–Crippen LogP) is 4.79. The van der Waals surface area contributed by atoms with Gasteiger partial charge >= 0.3 is 0 Å². The van der Waals surface area contributed by atoms with Crippen LogP contribution in [0.1, 0.15) is 25.3 Å². The molecule has 94 valence electrons. The van der Waals surface area contributed by atoms with E-state index in [0.29, 0.717) is 16.6 Å². The Morgan fingerprint density at radius 2 is 1.78 bits per heavy atom. The average Bonchev–Trinajstić information content (AvgIpc) is 2.33. The molecule has 0 saturated heterocycles. The number of rotatable bonds is 3. The fourth-order valence-corrected chi connectivity index (χ4v) is 2.09.